The first kappa shape index (κ1) is 12.3. The van der Waals surface area contributed by atoms with Crippen LogP contribution in [0.3, 0.4) is 0 Å². The van der Waals surface area contributed by atoms with Crippen LogP contribution in [-0.4, -0.2) is 45.1 Å². The van der Waals surface area contributed by atoms with Gasteiger partial charge in [-0.2, -0.15) is 0 Å². The Kier molecular flexibility index (Phi) is 4.14. The molecule has 0 radical (unpaired) electrons. The van der Waals surface area contributed by atoms with Gasteiger partial charge in [-0.15, -0.1) is 10.2 Å². The molecule has 0 aliphatic carbocycles. The third-order valence-corrected chi connectivity index (χ3v) is 2.29. The smallest absolute Gasteiger partial charge is 0.328 e. The number of aliphatic carboxylic acids is 1. The molecule has 0 aromatic carbocycles. The number of hydrogen-bond acceptors (Lipinski definition) is 6. The average Bonchev–Trinajstić information content (AvgIpc) is 2.60. The lowest BCUT2D eigenvalue weighted by molar-refractivity contribution is -0.140. The normalized spacial score (nSPS) is 11.9. The van der Waals surface area contributed by atoms with E-state index in [1.165, 1.54) is 0 Å². The highest BCUT2D eigenvalue weighted by Crippen LogP contribution is 2.12. The number of carbonyl (C=O) groups excluding carboxylic acids is 1. The zero-order valence-electron chi connectivity index (χ0n) is 8.30. The number of hydrogen-bond donors (Lipinski definition) is 4. The van der Waals surface area contributed by atoms with Gasteiger partial charge >= 0.3 is 12.0 Å². The van der Waals surface area contributed by atoms with Gasteiger partial charge in [0.25, 0.3) is 0 Å². The maximum atomic E-state index is 11.2. The molecule has 0 fully saturated rings. The van der Waals surface area contributed by atoms with E-state index in [4.69, 9.17) is 10.2 Å². The molecule has 0 aliphatic heterocycles. The summed E-state index contributed by atoms with van der Waals surface area (Å²) in [6, 6.07) is -2.09. The molecule has 2 amide bonds. The Morgan fingerprint density at radius 2 is 2.19 bits per heavy atom. The third kappa shape index (κ3) is 3.44. The molecule has 0 unspecified atom stereocenters. The summed E-state index contributed by atoms with van der Waals surface area (Å²) < 4.78 is 0. The van der Waals surface area contributed by atoms with Gasteiger partial charge in [-0.3, -0.25) is 5.32 Å². The van der Waals surface area contributed by atoms with Crippen LogP contribution < -0.4 is 10.6 Å². The van der Waals surface area contributed by atoms with Crippen molar-refractivity contribution >= 4 is 28.5 Å². The number of aliphatic hydroxyl groups excluding tert-OH is 1. The van der Waals surface area contributed by atoms with E-state index >= 15 is 0 Å². The zero-order chi connectivity index (χ0) is 12.1. The maximum Gasteiger partial charge on any atom is 0.328 e. The molecule has 8 nitrogen and oxygen atoms in total. The summed E-state index contributed by atoms with van der Waals surface area (Å²) in [6.07, 6.45) is 0. The zero-order valence-corrected chi connectivity index (χ0v) is 9.11. The Morgan fingerprint density at radius 3 is 2.62 bits per heavy atom. The van der Waals surface area contributed by atoms with Gasteiger partial charge in [-0.05, 0) is 6.92 Å². The van der Waals surface area contributed by atoms with Crippen molar-refractivity contribution in [2.75, 3.05) is 11.9 Å². The summed E-state index contributed by atoms with van der Waals surface area (Å²) in [5.74, 6) is -1.31. The fourth-order valence-electron chi connectivity index (χ4n) is 0.824. The Balaban J connectivity index is 2.50. The molecule has 16 heavy (non-hydrogen) atoms. The van der Waals surface area contributed by atoms with Crippen LogP contribution in [0.1, 0.15) is 5.01 Å². The fraction of sp³-hybridized carbons (Fsp3) is 0.429. The molecule has 1 heterocycles. The van der Waals surface area contributed by atoms with Gasteiger partial charge in [-0.1, -0.05) is 11.3 Å². The van der Waals surface area contributed by atoms with Crippen molar-refractivity contribution in [1.82, 2.24) is 15.5 Å². The number of aryl methyl sites for hydroxylation is 1. The van der Waals surface area contributed by atoms with E-state index in [0.29, 0.717) is 5.01 Å². The lowest BCUT2D eigenvalue weighted by Crippen LogP contribution is -2.45. The van der Waals surface area contributed by atoms with Crippen LogP contribution >= 0.6 is 11.3 Å². The van der Waals surface area contributed by atoms with Gasteiger partial charge in [0.15, 0.2) is 6.04 Å². The summed E-state index contributed by atoms with van der Waals surface area (Å²) in [5, 5.41) is 29.8. The summed E-state index contributed by atoms with van der Waals surface area (Å²) in [4.78, 5) is 21.7. The molecule has 1 atom stereocenters. The highest BCUT2D eigenvalue weighted by Gasteiger charge is 2.19. The predicted molar refractivity (Wildman–Crippen MR) is 55.3 cm³/mol. The van der Waals surface area contributed by atoms with Crippen LogP contribution in [-0.2, 0) is 4.79 Å². The van der Waals surface area contributed by atoms with Crippen LogP contribution in [0.25, 0.3) is 0 Å². The number of carboxylic acids is 1. The molecule has 0 bridgehead atoms. The van der Waals surface area contributed by atoms with Gasteiger partial charge in [0.1, 0.15) is 5.01 Å². The van der Waals surface area contributed by atoms with E-state index in [2.05, 4.69) is 20.8 Å². The van der Waals surface area contributed by atoms with E-state index in [1.54, 1.807) is 6.92 Å². The number of carbonyl (C=O) groups is 2. The van der Waals surface area contributed by atoms with E-state index in [0.717, 1.165) is 11.3 Å². The minimum atomic E-state index is -1.34. The summed E-state index contributed by atoms with van der Waals surface area (Å²) in [5.41, 5.74) is 0. The first-order valence-corrected chi connectivity index (χ1v) is 5.06. The molecule has 4 N–H and O–H groups in total. The minimum absolute atomic E-state index is 0.261. The molecule has 1 aromatic heterocycles. The first-order valence-electron chi connectivity index (χ1n) is 4.24. The van der Waals surface area contributed by atoms with Gasteiger partial charge < -0.3 is 15.5 Å². The lowest BCUT2D eigenvalue weighted by atomic mass is 10.3. The summed E-state index contributed by atoms with van der Waals surface area (Å²) in [7, 11) is 0. The van der Waals surface area contributed by atoms with Crippen LogP contribution in [0.5, 0.6) is 0 Å². The number of amides is 2. The van der Waals surface area contributed by atoms with Crippen LogP contribution in [0.15, 0.2) is 0 Å². The number of rotatable bonds is 4. The Morgan fingerprint density at radius 1 is 1.50 bits per heavy atom. The maximum absolute atomic E-state index is 11.2. The van der Waals surface area contributed by atoms with Crippen molar-refractivity contribution in [3.05, 3.63) is 5.01 Å². The first-order chi connectivity index (χ1) is 7.52. The van der Waals surface area contributed by atoms with Gasteiger partial charge in [0.05, 0.1) is 6.61 Å². The van der Waals surface area contributed by atoms with E-state index in [9.17, 15) is 9.59 Å². The van der Waals surface area contributed by atoms with Crippen LogP contribution in [0, 0.1) is 6.92 Å². The number of aromatic nitrogens is 2. The highest BCUT2D eigenvalue weighted by molar-refractivity contribution is 7.15. The van der Waals surface area contributed by atoms with Gasteiger partial charge in [0.2, 0.25) is 5.13 Å². The second kappa shape index (κ2) is 5.37. The lowest BCUT2D eigenvalue weighted by Gasteiger charge is -2.10. The molecule has 0 saturated carbocycles. The fourth-order valence-corrected chi connectivity index (χ4v) is 1.41. The van der Waals surface area contributed by atoms with Gasteiger partial charge in [-0.25, -0.2) is 9.59 Å². The SMILES string of the molecule is Cc1nnc(NC(=O)N[C@H](CO)C(=O)O)s1. The second-order valence-corrected chi connectivity index (χ2v) is 3.98. The van der Waals surface area contributed by atoms with E-state index < -0.39 is 24.6 Å². The van der Waals surface area contributed by atoms with Crippen molar-refractivity contribution in [3.63, 3.8) is 0 Å². The topological polar surface area (TPSA) is 124 Å². The number of urea groups is 1. The molecule has 88 valence electrons. The second-order valence-electron chi connectivity index (χ2n) is 2.80. The van der Waals surface area contributed by atoms with Crippen molar-refractivity contribution in [2.45, 2.75) is 13.0 Å². The molecule has 1 aromatic rings. The predicted octanol–water partition coefficient (Wildman–Crippen LogP) is -0.586. The average molecular weight is 246 g/mol. The highest BCUT2D eigenvalue weighted by atomic mass is 32.1. The van der Waals surface area contributed by atoms with Crippen LogP contribution in [0.2, 0.25) is 0 Å². The van der Waals surface area contributed by atoms with Crippen molar-refractivity contribution in [2.24, 2.45) is 0 Å². The Bertz CT molecular complexity index is 393. The number of nitrogens with zero attached hydrogens (tertiary/aromatic N) is 2. The third-order valence-electron chi connectivity index (χ3n) is 1.53. The molecular weight excluding hydrogens is 236 g/mol. The molecular formula is C7H10N4O4S. The Hall–Kier alpha value is -1.74. The monoisotopic (exact) mass is 246 g/mol. The number of nitrogens with one attached hydrogen (secondary N) is 2. The number of anilines is 1. The quantitative estimate of drug-likeness (QED) is 0.563. The summed E-state index contributed by atoms with van der Waals surface area (Å²) in [6.45, 7) is 1.03. The van der Waals surface area contributed by atoms with Crippen molar-refractivity contribution in [3.8, 4) is 0 Å². The van der Waals surface area contributed by atoms with E-state index in [1.807, 2.05) is 0 Å². The van der Waals surface area contributed by atoms with Gasteiger partial charge in [0, 0.05) is 0 Å². The largest absolute Gasteiger partial charge is 0.480 e. The molecule has 1 rings (SSSR count). The molecule has 9 heteroatoms. The Labute approximate surface area is 94.3 Å². The standard InChI is InChI=1S/C7H10N4O4S/c1-3-10-11-7(16-3)9-6(15)8-4(2-12)5(13)14/h4,12H,2H2,1H3,(H,13,14)(H2,8,9,11,15)/t4-/m1/s1. The van der Waals surface area contributed by atoms with Crippen molar-refractivity contribution < 1.29 is 19.8 Å². The molecule has 0 saturated heterocycles. The van der Waals surface area contributed by atoms with Crippen molar-refractivity contribution in [1.29, 1.82) is 0 Å². The molecule has 0 spiro atoms. The molecule has 0 aliphatic rings. The van der Waals surface area contributed by atoms with E-state index in [-0.39, 0.29) is 5.13 Å². The number of carboxylic acid groups (broad SMARTS) is 1. The minimum Gasteiger partial charge on any atom is -0.480 e. The summed E-state index contributed by atoms with van der Waals surface area (Å²) >= 11 is 1.16. The number of aliphatic hydroxyl groups is 1. The van der Waals surface area contributed by atoms with Crippen LogP contribution in [0.4, 0.5) is 9.93 Å².